The van der Waals surface area contributed by atoms with Gasteiger partial charge in [-0.05, 0) is 11.5 Å². The molecule has 0 N–H and O–H groups in total. The van der Waals surface area contributed by atoms with Crippen LogP contribution in [0, 0.1) is 0 Å². The van der Waals surface area contributed by atoms with Gasteiger partial charge < -0.3 is 0 Å². The minimum Gasteiger partial charge on any atom is -0.129 e. The van der Waals surface area contributed by atoms with E-state index in [4.69, 9.17) is 9.05 Å². The van der Waals surface area contributed by atoms with Gasteiger partial charge in [-0.1, -0.05) is 13.8 Å². The number of thioether (sulfide) groups is 2. The molecular formula is C6H14O3PS2+. The van der Waals surface area contributed by atoms with Crippen LogP contribution in [0.5, 0.6) is 0 Å². The van der Waals surface area contributed by atoms with E-state index in [-0.39, 0.29) is 0 Å². The van der Waals surface area contributed by atoms with Gasteiger partial charge in [-0.25, -0.2) is 0 Å². The summed E-state index contributed by atoms with van der Waals surface area (Å²) >= 11 is 3.17. The van der Waals surface area contributed by atoms with Gasteiger partial charge in [0.2, 0.25) is 0 Å². The molecule has 0 aromatic carbocycles. The summed E-state index contributed by atoms with van der Waals surface area (Å²) in [6.45, 7) is 4.05. The standard InChI is InChI=1S/C6H14O3PS2/c1-3-11-5-8-10(7)9-6-12-4-2/h3-6H2,1-2H3/q+1. The van der Waals surface area contributed by atoms with Crippen molar-refractivity contribution in [3.05, 3.63) is 0 Å². The molecule has 0 saturated carbocycles. The van der Waals surface area contributed by atoms with E-state index in [0.717, 1.165) is 11.5 Å². The van der Waals surface area contributed by atoms with Gasteiger partial charge in [0.15, 0.2) is 11.9 Å². The highest BCUT2D eigenvalue weighted by Gasteiger charge is 2.18. The first-order valence-corrected chi connectivity index (χ1v) is 7.10. The summed E-state index contributed by atoms with van der Waals surface area (Å²) in [7, 11) is -1.90. The van der Waals surface area contributed by atoms with Gasteiger partial charge in [0.25, 0.3) is 0 Å². The molecule has 0 aliphatic carbocycles. The van der Waals surface area contributed by atoms with E-state index in [2.05, 4.69) is 0 Å². The molecule has 0 aromatic heterocycles. The fraction of sp³-hybridized carbons (Fsp3) is 1.00. The first-order valence-electron chi connectivity index (χ1n) is 3.69. The molecule has 0 bridgehead atoms. The molecule has 0 saturated heterocycles. The van der Waals surface area contributed by atoms with E-state index < -0.39 is 8.25 Å². The van der Waals surface area contributed by atoms with Crippen LogP contribution in [0.25, 0.3) is 0 Å². The molecule has 0 rings (SSSR count). The third-order valence-electron chi connectivity index (χ3n) is 0.891. The highest BCUT2D eigenvalue weighted by atomic mass is 32.2. The molecule has 0 unspecified atom stereocenters. The molecular weight excluding hydrogens is 215 g/mol. The Labute approximate surface area is 82.9 Å². The van der Waals surface area contributed by atoms with E-state index in [0.29, 0.717) is 11.9 Å². The highest BCUT2D eigenvalue weighted by Crippen LogP contribution is 2.26. The van der Waals surface area contributed by atoms with E-state index in [1.165, 1.54) is 0 Å². The monoisotopic (exact) mass is 229 g/mol. The van der Waals surface area contributed by atoms with E-state index in [9.17, 15) is 4.57 Å². The normalized spacial score (nSPS) is 10.2. The van der Waals surface area contributed by atoms with Crippen molar-refractivity contribution in [1.29, 1.82) is 0 Å². The predicted octanol–water partition coefficient (Wildman–Crippen LogP) is 3.10. The first kappa shape index (κ1) is 12.7. The van der Waals surface area contributed by atoms with Gasteiger partial charge in [0.05, 0.1) is 0 Å². The molecule has 0 spiro atoms. The van der Waals surface area contributed by atoms with Crippen molar-refractivity contribution >= 4 is 31.8 Å². The SMILES string of the molecule is CCSCO[P+](=O)OCSCC. The number of hydrogen-bond acceptors (Lipinski definition) is 5. The van der Waals surface area contributed by atoms with Gasteiger partial charge in [0.1, 0.15) is 0 Å². The van der Waals surface area contributed by atoms with Crippen molar-refractivity contribution in [1.82, 2.24) is 0 Å². The van der Waals surface area contributed by atoms with Crippen molar-refractivity contribution in [2.75, 3.05) is 23.4 Å². The zero-order chi connectivity index (χ0) is 9.23. The second kappa shape index (κ2) is 9.81. The van der Waals surface area contributed by atoms with Crippen molar-refractivity contribution in [3.63, 3.8) is 0 Å². The molecule has 0 fully saturated rings. The summed E-state index contributed by atoms with van der Waals surface area (Å²) < 4.78 is 20.6. The number of hydrogen-bond donors (Lipinski definition) is 0. The van der Waals surface area contributed by atoms with Gasteiger partial charge >= 0.3 is 8.25 Å². The van der Waals surface area contributed by atoms with Gasteiger partial charge in [-0.15, -0.1) is 32.6 Å². The minimum absolute atomic E-state index is 0.447. The summed E-state index contributed by atoms with van der Waals surface area (Å²) in [5.41, 5.74) is 0. The Bertz CT molecular complexity index is 111. The maximum Gasteiger partial charge on any atom is 0.699 e. The molecule has 0 heterocycles. The predicted molar refractivity (Wildman–Crippen MR) is 55.8 cm³/mol. The van der Waals surface area contributed by atoms with Gasteiger partial charge in [-0.3, -0.25) is 0 Å². The molecule has 0 aliphatic heterocycles. The zero-order valence-electron chi connectivity index (χ0n) is 7.32. The third-order valence-corrected chi connectivity index (χ3v) is 3.31. The average Bonchev–Trinajstić information content (AvgIpc) is 2.06. The molecule has 0 amide bonds. The van der Waals surface area contributed by atoms with Gasteiger partial charge in [-0.2, -0.15) is 0 Å². The Morgan fingerprint density at radius 1 is 1.08 bits per heavy atom. The third kappa shape index (κ3) is 8.81. The second-order valence-corrected chi connectivity index (χ2v) is 5.11. The van der Waals surface area contributed by atoms with E-state index in [1.54, 1.807) is 23.5 Å². The zero-order valence-corrected chi connectivity index (χ0v) is 9.84. The lowest BCUT2D eigenvalue weighted by molar-refractivity contribution is 0.285. The Hall–Kier alpha value is 0.720. The average molecular weight is 229 g/mol. The summed E-state index contributed by atoms with van der Waals surface area (Å²) in [4.78, 5) is 0. The van der Waals surface area contributed by atoms with Crippen LogP contribution in [0.15, 0.2) is 0 Å². The van der Waals surface area contributed by atoms with E-state index in [1.807, 2.05) is 13.8 Å². The fourth-order valence-corrected chi connectivity index (χ4v) is 2.06. The second-order valence-electron chi connectivity index (χ2n) is 1.70. The van der Waals surface area contributed by atoms with E-state index >= 15 is 0 Å². The Balaban J connectivity index is 3.10. The number of rotatable bonds is 8. The van der Waals surface area contributed by atoms with Crippen LogP contribution < -0.4 is 0 Å². The van der Waals surface area contributed by atoms with Crippen LogP contribution in [-0.2, 0) is 13.6 Å². The smallest absolute Gasteiger partial charge is 0.129 e. The molecule has 0 aromatic rings. The molecule has 0 radical (unpaired) electrons. The molecule has 6 heteroatoms. The van der Waals surface area contributed by atoms with Crippen LogP contribution in [0.1, 0.15) is 13.8 Å². The van der Waals surface area contributed by atoms with Crippen molar-refractivity contribution in [3.8, 4) is 0 Å². The first-order chi connectivity index (χ1) is 5.81. The summed E-state index contributed by atoms with van der Waals surface area (Å²) in [5.74, 6) is 2.82. The van der Waals surface area contributed by atoms with Crippen LogP contribution in [0.4, 0.5) is 0 Å². The van der Waals surface area contributed by atoms with Crippen molar-refractivity contribution in [2.24, 2.45) is 0 Å². The van der Waals surface area contributed by atoms with Crippen molar-refractivity contribution in [2.45, 2.75) is 13.8 Å². The Morgan fingerprint density at radius 3 is 1.83 bits per heavy atom. The summed E-state index contributed by atoms with van der Waals surface area (Å²) in [5, 5.41) is 0. The van der Waals surface area contributed by atoms with Crippen LogP contribution in [-0.4, -0.2) is 23.4 Å². The minimum atomic E-state index is -1.90. The van der Waals surface area contributed by atoms with Crippen LogP contribution in [0.2, 0.25) is 0 Å². The Kier molecular flexibility index (Phi) is 10.4. The van der Waals surface area contributed by atoms with Crippen LogP contribution >= 0.6 is 31.8 Å². The maximum absolute atomic E-state index is 10.9. The lowest BCUT2D eigenvalue weighted by Gasteiger charge is -1.90. The molecule has 0 aliphatic rings. The summed E-state index contributed by atoms with van der Waals surface area (Å²) in [6, 6.07) is 0. The summed E-state index contributed by atoms with van der Waals surface area (Å²) in [6.07, 6.45) is 0. The lowest BCUT2D eigenvalue weighted by Crippen LogP contribution is -1.85. The van der Waals surface area contributed by atoms with Crippen LogP contribution in [0.3, 0.4) is 0 Å². The van der Waals surface area contributed by atoms with Crippen molar-refractivity contribution < 1.29 is 13.6 Å². The largest absolute Gasteiger partial charge is 0.699 e. The molecule has 72 valence electrons. The Morgan fingerprint density at radius 2 is 1.50 bits per heavy atom. The molecule has 0 atom stereocenters. The fourth-order valence-electron chi connectivity index (χ4n) is 0.365. The van der Waals surface area contributed by atoms with Gasteiger partial charge in [0, 0.05) is 4.57 Å². The maximum atomic E-state index is 10.9. The quantitative estimate of drug-likeness (QED) is 0.363. The lowest BCUT2D eigenvalue weighted by atomic mass is 11.0. The molecule has 3 nitrogen and oxygen atoms in total. The highest BCUT2D eigenvalue weighted by molar-refractivity contribution is 7.99. The topological polar surface area (TPSA) is 35.5 Å². The molecule has 12 heavy (non-hydrogen) atoms.